The summed E-state index contributed by atoms with van der Waals surface area (Å²) >= 11 is 0. The van der Waals surface area contributed by atoms with Crippen LogP contribution in [-0.2, 0) is 11.3 Å². The van der Waals surface area contributed by atoms with Gasteiger partial charge in [0.15, 0.2) is 0 Å². The normalized spacial score (nSPS) is 17.9. The van der Waals surface area contributed by atoms with Crippen molar-refractivity contribution in [2.75, 3.05) is 6.61 Å². The molecule has 0 bridgehead atoms. The first-order valence-corrected chi connectivity index (χ1v) is 6.07. The number of rotatable bonds is 4. The van der Waals surface area contributed by atoms with Crippen molar-refractivity contribution < 1.29 is 4.74 Å². The molecule has 1 fully saturated rings. The summed E-state index contributed by atoms with van der Waals surface area (Å²) in [6.07, 6.45) is 6.97. The molecular weight excluding hydrogens is 184 g/mol. The predicted octanol–water partition coefficient (Wildman–Crippen LogP) is 3.78. The van der Waals surface area contributed by atoms with Gasteiger partial charge in [-0.25, -0.2) is 0 Å². The zero-order valence-electron chi connectivity index (χ0n) is 9.32. The van der Waals surface area contributed by atoms with Crippen LogP contribution in [0.15, 0.2) is 30.3 Å². The first-order valence-electron chi connectivity index (χ1n) is 6.07. The first kappa shape index (κ1) is 10.7. The number of hydrogen-bond donors (Lipinski definition) is 0. The van der Waals surface area contributed by atoms with E-state index in [0.29, 0.717) is 0 Å². The van der Waals surface area contributed by atoms with Crippen LogP contribution >= 0.6 is 0 Å². The van der Waals surface area contributed by atoms with E-state index in [2.05, 4.69) is 24.3 Å². The molecule has 1 nitrogen and oxygen atoms in total. The molecule has 0 aromatic heterocycles. The number of hydrogen-bond acceptors (Lipinski definition) is 1. The zero-order chi connectivity index (χ0) is 10.3. The van der Waals surface area contributed by atoms with Gasteiger partial charge in [0.2, 0.25) is 0 Å². The molecule has 0 spiro atoms. The smallest absolute Gasteiger partial charge is 0.0717 e. The second-order valence-corrected chi connectivity index (χ2v) is 4.50. The van der Waals surface area contributed by atoms with Crippen LogP contribution in [0.1, 0.15) is 37.7 Å². The fraction of sp³-hybridized carbons (Fsp3) is 0.571. The van der Waals surface area contributed by atoms with Crippen molar-refractivity contribution in [2.45, 2.75) is 38.7 Å². The van der Waals surface area contributed by atoms with E-state index in [4.69, 9.17) is 4.74 Å². The summed E-state index contributed by atoms with van der Waals surface area (Å²) in [5, 5.41) is 0. The molecule has 0 heterocycles. The van der Waals surface area contributed by atoms with Gasteiger partial charge in [-0.05, 0) is 24.3 Å². The molecule has 0 amide bonds. The van der Waals surface area contributed by atoms with Crippen molar-refractivity contribution >= 4 is 0 Å². The van der Waals surface area contributed by atoms with Gasteiger partial charge in [0.1, 0.15) is 0 Å². The van der Waals surface area contributed by atoms with Crippen LogP contribution in [0.25, 0.3) is 0 Å². The third-order valence-electron chi connectivity index (χ3n) is 3.19. The van der Waals surface area contributed by atoms with Crippen LogP contribution in [0, 0.1) is 5.92 Å². The third-order valence-corrected chi connectivity index (χ3v) is 3.19. The molecule has 1 heteroatoms. The van der Waals surface area contributed by atoms with E-state index >= 15 is 0 Å². The summed E-state index contributed by atoms with van der Waals surface area (Å²) in [6, 6.07) is 10.4. The molecule has 15 heavy (non-hydrogen) atoms. The maximum absolute atomic E-state index is 5.76. The lowest BCUT2D eigenvalue weighted by Gasteiger charge is -2.21. The molecule has 0 unspecified atom stereocenters. The molecule has 0 N–H and O–H groups in total. The monoisotopic (exact) mass is 204 g/mol. The van der Waals surface area contributed by atoms with Gasteiger partial charge < -0.3 is 4.74 Å². The Morgan fingerprint density at radius 3 is 2.47 bits per heavy atom. The maximum Gasteiger partial charge on any atom is 0.0717 e. The summed E-state index contributed by atoms with van der Waals surface area (Å²) in [6.45, 7) is 1.73. The molecule has 82 valence electrons. The van der Waals surface area contributed by atoms with Crippen molar-refractivity contribution in [1.82, 2.24) is 0 Å². The Morgan fingerprint density at radius 2 is 1.73 bits per heavy atom. The van der Waals surface area contributed by atoms with E-state index in [0.717, 1.165) is 19.1 Å². The zero-order valence-corrected chi connectivity index (χ0v) is 9.32. The first-order chi connectivity index (χ1) is 7.45. The molecule has 1 aliphatic carbocycles. The number of ether oxygens (including phenoxy) is 1. The lowest BCUT2D eigenvalue weighted by Crippen LogP contribution is -2.13. The number of benzene rings is 1. The molecule has 1 saturated carbocycles. The Morgan fingerprint density at radius 1 is 1.00 bits per heavy atom. The quantitative estimate of drug-likeness (QED) is 0.725. The van der Waals surface area contributed by atoms with E-state index < -0.39 is 0 Å². The molecule has 1 aliphatic rings. The second-order valence-electron chi connectivity index (χ2n) is 4.50. The van der Waals surface area contributed by atoms with Crippen molar-refractivity contribution in [3.05, 3.63) is 35.9 Å². The summed E-state index contributed by atoms with van der Waals surface area (Å²) < 4.78 is 5.76. The summed E-state index contributed by atoms with van der Waals surface area (Å²) in [4.78, 5) is 0. The Bertz CT molecular complexity index is 262. The van der Waals surface area contributed by atoms with E-state index in [1.54, 1.807) is 0 Å². The summed E-state index contributed by atoms with van der Waals surface area (Å²) in [5.41, 5.74) is 1.29. The van der Waals surface area contributed by atoms with E-state index in [1.807, 2.05) is 6.07 Å². The highest BCUT2D eigenvalue weighted by Gasteiger charge is 2.12. The van der Waals surface area contributed by atoms with E-state index in [9.17, 15) is 0 Å². The SMILES string of the molecule is c1ccc(COCC2CCCCC2)cc1. The van der Waals surface area contributed by atoms with Crippen LogP contribution in [0.2, 0.25) is 0 Å². The third kappa shape index (κ3) is 3.67. The molecule has 0 radical (unpaired) electrons. The molecule has 2 rings (SSSR count). The van der Waals surface area contributed by atoms with Gasteiger partial charge in [0.25, 0.3) is 0 Å². The molecule has 1 aromatic carbocycles. The molecule has 0 atom stereocenters. The van der Waals surface area contributed by atoms with Crippen molar-refractivity contribution in [1.29, 1.82) is 0 Å². The van der Waals surface area contributed by atoms with Crippen molar-refractivity contribution in [2.24, 2.45) is 5.92 Å². The highest BCUT2D eigenvalue weighted by atomic mass is 16.5. The van der Waals surface area contributed by atoms with Crippen LogP contribution in [0.3, 0.4) is 0 Å². The highest BCUT2D eigenvalue weighted by Crippen LogP contribution is 2.23. The second kappa shape index (κ2) is 5.92. The van der Waals surface area contributed by atoms with Gasteiger partial charge in [-0.2, -0.15) is 0 Å². The summed E-state index contributed by atoms with van der Waals surface area (Å²) in [5.74, 6) is 0.822. The largest absolute Gasteiger partial charge is 0.376 e. The Hall–Kier alpha value is -0.820. The minimum atomic E-state index is 0.775. The Labute approximate surface area is 92.5 Å². The Balaban J connectivity index is 1.66. The van der Waals surface area contributed by atoms with Crippen molar-refractivity contribution in [3.63, 3.8) is 0 Å². The lowest BCUT2D eigenvalue weighted by molar-refractivity contribution is 0.0739. The fourth-order valence-electron chi connectivity index (χ4n) is 2.27. The van der Waals surface area contributed by atoms with Crippen LogP contribution in [-0.4, -0.2) is 6.61 Å². The van der Waals surface area contributed by atoms with Crippen LogP contribution in [0.5, 0.6) is 0 Å². The molecule has 0 saturated heterocycles. The topological polar surface area (TPSA) is 9.23 Å². The van der Waals surface area contributed by atoms with Gasteiger partial charge in [-0.15, -0.1) is 0 Å². The average molecular weight is 204 g/mol. The van der Waals surface area contributed by atoms with Gasteiger partial charge >= 0.3 is 0 Å². The van der Waals surface area contributed by atoms with Crippen molar-refractivity contribution in [3.8, 4) is 0 Å². The van der Waals surface area contributed by atoms with Gasteiger partial charge in [0.05, 0.1) is 6.61 Å². The minimum absolute atomic E-state index is 0.775. The standard InChI is InChI=1S/C14H20O/c1-3-7-13(8-4-1)11-15-12-14-9-5-2-6-10-14/h1,3-4,7-8,14H,2,5-6,9-12H2. The van der Waals surface area contributed by atoms with Crippen LogP contribution < -0.4 is 0 Å². The minimum Gasteiger partial charge on any atom is -0.376 e. The predicted molar refractivity (Wildman–Crippen MR) is 62.7 cm³/mol. The van der Waals surface area contributed by atoms with Gasteiger partial charge in [-0.1, -0.05) is 49.6 Å². The average Bonchev–Trinajstić information content (AvgIpc) is 2.32. The summed E-state index contributed by atoms with van der Waals surface area (Å²) in [7, 11) is 0. The van der Waals surface area contributed by atoms with Gasteiger partial charge in [-0.3, -0.25) is 0 Å². The molecule has 0 aliphatic heterocycles. The highest BCUT2D eigenvalue weighted by molar-refractivity contribution is 5.13. The van der Waals surface area contributed by atoms with E-state index in [1.165, 1.54) is 37.7 Å². The fourth-order valence-corrected chi connectivity index (χ4v) is 2.27. The van der Waals surface area contributed by atoms with Gasteiger partial charge in [0, 0.05) is 6.61 Å². The Kier molecular flexibility index (Phi) is 4.22. The molecular formula is C14H20O. The van der Waals surface area contributed by atoms with E-state index in [-0.39, 0.29) is 0 Å². The lowest BCUT2D eigenvalue weighted by atomic mass is 9.90. The van der Waals surface area contributed by atoms with Crippen LogP contribution in [0.4, 0.5) is 0 Å². The maximum atomic E-state index is 5.76. The molecule has 1 aromatic rings.